The summed E-state index contributed by atoms with van der Waals surface area (Å²) < 4.78 is 9.78. The van der Waals surface area contributed by atoms with Gasteiger partial charge in [0.25, 0.3) is 0 Å². The van der Waals surface area contributed by atoms with Crippen LogP contribution in [0.5, 0.6) is 0 Å². The first-order valence-corrected chi connectivity index (χ1v) is 8.58. The molecule has 1 heterocycles. The average molecular weight is 370 g/mol. The van der Waals surface area contributed by atoms with Gasteiger partial charge in [-0.15, -0.1) is 0 Å². The zero-order chi connectivity index (χ0) is 19.8. The van der Waals surface area contributed by atoms with E-state index < -0.39 is 11.9 Å². The second kappa shape index (κ2) is 9.38. The van der Waals surface area contributed by atoms with Gasteiger partial charge < -0.3 is 19.8 Å². The molecule has 0 aliphatic heterocycles. The second-order valence-electron chi connectivity index (χ2n) is 5.54. The number of aromatic nitrogens is 1. The van der Waals surface area contributed by atoms with Gasteiger partial charge in [0.05, 0.1) is 24.5 Å². The molecule has 27 heavy (non-hydrogen) atoms. The maximum Gasteiger partial charge on any atom is 0.347 e. The lowest BCUT2D eigenvalue weighted by Gasteiger charge is -2.08. The number of anilines is 1. The van der Waals surface area contributed by atoms with E-state index in [1.54, 1.807) is 51.2 Å². The quantitative estimate of drug-likeness (QED) is 0.244. The summed E-state index contributed by atoms with van der Waals surface area (Å²) in [7, 11) is 0. The molecule has 1 aromatic heterocycles. The van der Waals surface area contributed by atoms with E-state index in [9.17, 15) is 14.4 Å². The molecule has 2 N–H and O–H groups in total. The number of carbonyl (C=O) groups is 3. The molecule has 2 rings (SSSR count). The number of aryl methyl sites for hydroxylation is 1. The topological polar surface area (TPSA) is 97.5 Å². The van der Waals surface area contributed by atoms with Crippen molar-refractivity contribution in [2.45, 2.75) is 20.8 Å². The smallest absolute Gasteiger partial charge is 0.347 e. The molecule has 0 saturated heterocycles. The number of H-pyrrole nitrogens is 1. The summed E-state index contributed by atoms with van der Waals surface area (Å²) in [4.78, 5) is 39.8. The summed E-state index contributed by atoms with van der Waals surface area (Å²) in [6.45, 7) is 5.29. The molecule has 0 atom stereocenters. The number of aromatic amines is 1. The third-order valence-corrected chi connectivity index (χ3v) is 3.70. The van der Waals surface area contributed by atoms with Crippen LogP contribution in [0.25, 0.3) is 0 Å². The number of benzene rings is 1. The van der Waals surface area contributed by atoms with E-state index in [1.807, 2.05) is 6.07 Å². The Hall–Kier alpha value is -3.35. The number of ketones is 1. The first-order chi connectivity index (χ1) is 13.0. The van der Waals surface area contributed by atoms with Gasteiger partial charge in [-0.1, -0.05) is 30.3 Å². The molecule has 142 valence electrons. The highest BCUT2D eigenvalue weighted by molar-refractivity contribution is 6.15. The van der Waals surface area contributed by atoms with Gasteiger partial charge >= 0.3 is 11.9 Å². The third kappa shape index (κ3) is 4.84. The van der Waals surface area contributed by atoms with Gasteiger partial charge in [-0.25, -0.2) is 9.59 Å². The van der Waals surface area contributed by atoms with Crippen molar-refractivity contribution in [1.29, 1.82) is 0 Å². The Balaban J connectivity index is 2.33. The normalized spacial score (nSPS) is 10.0. The van der Waals surface area contributed by atoms with Crippen LogP contribution in [-0.2, 0) is 19.1 Å². The Bertz CT molecular complexity index is 833. The summed E-state index contributed by atoms with van der Waals surface area (Å²) in [6, 6.07) is 8.82. The molecular weight excluding hydrogens is 348 g/mol. The van der Waals surface area contributed by atoms with Crippen LogP contribution in [0, 0.1) is 6.92 Å². The van der Waals surface area contributed by atoms with Gasteiger partial charge in [0.15, 0.2) is 11.4 Å². The first-order valence-electron chi connectivity index (χ1n) is 8.58. The Kier molecular flexibility index (Phi) is 6.93. The SMILES string of the molecule is CCOC(=O)C(=CNc1c[nH]c(C)c1C(=O)c1ccccc1)C(=O)OCC. The molecular formula is C20H22N2O5. The van der Waals surface area contributed by atoms with E-state index in [-0.39, 0.29) is 24.6 Å². The van der Waals surface area contributed by atoms with E-state index in [1.165, 1.54) is 6.20 Å². The Morgan fingerprint density at radius 1 is 1.04 bits per heavy atom. The van der Waals surface area contributed by atoms with Crippen LogP contribution < -0.4 is 5.32 Å². The number of carbonyl (C=O) groups excluding carboxylic acids is 3. The summed E-state index contributed by atoms with van der Waals surface area (Å²) in [6.07, 6.45) is 2.79. The molecule has 7 nitrogen and oxygen atoms in total. The number of hydrogen-bond donors (Lipinski definition) is 2. The van der Waals surface area contributed by atoms with Gasteiger partial charge in [0.2, 0.25) is 0 Å². The zero-order valence-corrected chi connectivity index (χ0v) is 15.5. The minimum Gasteiger partial charge on any atom is -0.462 e. The van der Waals surface area contributed by atoms with Crippen LogP contribution in [0.15, 0.2) is 48.3 Å². The van der Waals surface area contributed by atoms with Crippen LogP contribution in [0.4, 0.5) is 5.69 Å². The number of esters is 2. The molecule has 0 fully saturated rings. The van der Waals surface area contributed by atoms with Gasteiger partial charge in [0, 0.05) is 23.7 Å². The highest BCUT2D eigenvalue weighted by Crippen LogP contribution is 2.23. The summed E-state index contributed by atoms with van der Waals surface area (Å²) in [5.74, 6) is -1.78. The van der Waals surface area contributed by atoms with E-state index in [0.29, 0.717) is 22.5 Å². The van der Waals surface area contributed by atoms with E-state index in [2.05, 4.69) is 10.3 Å². The Morgan fingerprint density at radius 2 is 1.63 bits per heavy atom. The molecule has 0 amide bonds. The fourth-order valence-corrected chi connectivity index (χ4v) is 2.44. The van der Waals surface area contributed by atoms with Crippen molar-refractivity contribution >= 4 is 23.4 Å². The number of hydrogen-bond acceptors (Lipinski definition) is 6. The van der Waals surface area contributed by atoms with Gasteiger partial charge in [-0.3, -0.25) is 4.79 Å². The zero-order valence-electron chi connectivity index (χ0n) is 15.5. The highest BCUT2D eigenvalue weighted by Gasteiger charge is 2.22. The van der Waals surface area contributed by atoms with Crippen molar-refractivity contribution in [1.82, 2.24) is 4.98 Å². The minimum absolute atomic E-state index is 0.122. The first kappa shape index (κ1) is 20.0. The highest BCUT2D eigenvalue weighted by atomic mass is 16.6. The molecule has 0 radical (unpaired) electrons. The second-order valence-corrected chi connectivity index (χ2v) is 5.54. The number of ether oxygens (including phenoxy) is 2. The van der Waals surface area contributed by atoms with Crippen molar-refractivity contribution in [3.05, 3.63) is 65.1 Å². The predicted octanol–water partition coefficient (Wildman–Crippen LogP) is 2.98. The van der Waals surface area contributed by atoms with Crippen molar-refractivity contribution in [3.8, 4) is 0 Å². The predicted molar refractivity (Wildman–Crippen MR) is 100 cm³/mol. The Labute approximate surface area is 157 Å². The van der Waals surface area contributed by atoms with Crippen LogP contribution in [-0.4, -0.2) is 35.9 Å². The van der Waals surface area contributed by atoms with Gasteiger partial charge in [-0.2, -0.15) is 0 Å². The van der Waals surface area contributed by atoms with Crippen LogP contribution >= 0.6 is 0 Å². The maximum absolute atomic E-state index is 12.8. The molecule has 1 aromatic carbocycles. The lowest BCUT2D eigenvalue weighted by atomic mass is 10.0. The number of nitrogens with one attached hydrogen (secondary N) is 2. The molecule has 0 aliphatic rings. The van der Waals surface area contributed by atoms with Crippen LogP contribution in [0.2, 0.25) is 0 Å². The molecule has 0 bridgehead atoms. The van der Waals surface area contributed by atoms with Crippen molar-refractivity contribution in [3.63, 3.8) is 0 Å². The third-order valence-electron chi connectivity index (χ3n) is 3.70. The maximum atomic E-state index is 12.8. The van der Waals surface area contributed by atoms with E-state index in [0.717, 1.165) is 0 Å². The van der Waals surface area contributed by atoms with Crippen molar-refractivity contribution in [2.75, 3.05) is 18.5 Å². The summed E-state index contributed by atoms with van der Waals surface area (Å²) in [5, 5.41) is 2.85. The Morgan fingerprint density at radius 3 is 2.19 bits per heavy atom. The molecule has 0 aliphatic carbocycles. The van der Waals surface area contributed by atoms with Crippen molar-refractivity contribution < 1.29 is 23.9 Å². The minimum atomic E-state index is -0.799. The van der Waals surface area contributed by atoms with Crippen LogP contribution in [0.3, 0.4) is 0 Å². The molecule has 0 unspecified atom stereocenters. The van der Waals surface area contributed by atoms with Gasteiger partial charge in [-0.05, 0) is 20.8 Å². The van der Waals surface area contributed by atoms with Crippen LogP contribution in [0.1, 0.15) is 35.5 Å². The fourth-order valence-electron chi connectivity index (χ4n) is 2.44. The number of rotatable bonds is 8. The molecule has 7 heteroatoms. The van der Waals surface area contributed by atoms with E-state index >= 15 is 0 Å². The lowest BCUT2D eigenvalue weighted by Crippen LogP contribution is -2.19. The monoisotopic (exact) mass is 370 g/mol. The fraction of sp³-hybridized carbons (Fsp3) is 0.250. The van der Waals surface area contributed by atoms with Gasteiger partial charge in [0.1, 0.15) is 0 Å². The molecule has 0 saturated carbocycles. The molecule has 0 spiro atoms. The van der Waals surface area contributed by atoms with E-state index in [4.69, 9.17) is 9.47 Å². The largest absolute Gasteiger partial charge is 0.462 e. The average Bonchev–Trinajstić information content (AvgIpc) is 3.03. The summed E-state index contributed by atoms with van der Waals surface area (Å²) in [5.41, 5.74) is 1.77. The van der Waals surface area contributed by atoms with Crippen molar-refractivity contribution in [2.24, 2.45) is 0 Å². The molecule has 2 aromatic rings. The summed E-state index contributed by atoms with van der Waals surface area (Å²) >= 11 is 0. The lowest BCUT2D eigenvalue weighted by molar-refractivity contribution is -0.146. The standard InChI is InChI=1S/C20H22N2O5/c1-4-26-19(24)15(20(25)27-5-2)11-22-16-12-21-13(3)17(16)18(23)14-9-7-6-8-10-14/h6-12,21-22H,4-5H2,1-3H3.